The lowest BCUT2D eigenvalue weighted by atomic mass is 10.1. The molecule has 5 rings (SSSR count). The molecule has 1 aliphatic rings. The number of hydrogen-bond acceptors (Lipinski definition) is 8. The van der Waals surface area contributed by atoms with Crippen molar-refractivity contribution in [1.82, 2.24) is 28.9 Å². The molecule has 36 heavy (non-hydrogen) atoms. The van der Waals surface area contributed by atoms with Crippen LogP contribution in [0.3, 0.4) is 0 Å². The van der Waals surface area contributed by atoms with Gasteiger partial charge in [0.25, 0.3) is 11.1 Å². The van der Waals surface area contributed by atoms with Gasteiger partial charge in [-0.2, -0.15) is 0 Å². The molecule has 3 N–H and O–H groups in total. The number of anilines is 1. The molecule has 1 aromatic carbocycles. The van der Waals surface area contributed by atoms with Gasteiger partial charge >= 0.3 is 0 Å². The number of benzene rings is 1. The zero-order chi connectivity index (χ0) is 25.2. The first-order valence-electron chi connectivity index (χ1n) is 12.0. The lowest BCUT2D eigenvalue weighted by molar-refractivity contribution is 0.252. The van der Waals surface area contributed by atoms with Gasteiger partial charge in [-0.1, -0.05) is 12.0 Å². The second-order valence-corrected chi connectivity index (χ2v) is 8.86. The predicted octanol–water partition coefficient (Wildman–Crippen LogP) is 0.294. The van der Waals surface area contributed by atoms with Crippen LogP contribution in [-0.2, 0) is 19.6 Å². The van der Waals surface area contributed by atoms with Crippen LogP contribution >= 0.6 is 0 Å². The van der Waals surface area contributed by atoms with Crippen molar-refractivity contribution >= 4 is 28.0 Å². The van der Waals surface area contributed by atoms with Crippen molar-refractivity contribution in [1.29, 1.82) is 0 Å². The molecular weight excluding hydrogens is 460 g/mol. The van der Waals surface area contributed by atoms with E-state index in [4.69, 9.17) is 5.73 Å². The largest absolute Gasteiger partial charge is 0.394 e. The topological polar surface area (TPSA) is 137 Å². The van der Waals surface area contributed by atoms with E-state index in [1.807, 2.05) is 23.1 Å². The number of rotatable bonds is 6. The van der Waals surface area contributed by atoms with Gasteiger partial charge in [-0.15, -0.1) is 5.92 Å². The molecule has 11 heteroatoms. The average Bonchev–Trinajstić information content (AvgIpc) is 3.28. The van der Waals surface area contributed by atoms with E-state index < -0.39 is 5.56 Å². The summed E-state index contributed by atoms with van der Waals surface area (Å²) in [6.07, 6.45) is 5.03. The first-order chi connectivity index (χ1) is 17.5. The maximum absolute atomic E-state index is 13.9. The highest BCUT2D eigenvalue weighted by molar-refractivity contribution is 5.77. The van der Waals surface area contributed by atoms with Crippen molar-refractivity contribution in [3.05, 3.63) is 56.9 Å². The van der Waals surface area contributed by atoms with Crippen molar-refractivity contribution in [3.8, 4) is 11.8 Å². The van der Waals surface area contributed by atoms with Crippen LogP contribution in [0.4, 0.5) is 5.95 Å². The van der Waals surface area contributed by atoms with E-state index in [2.05, 4.69) is 26.8 Å². The van der Waals surface area contributed by atoms with Crippen LogP contribution in [0.5, 0.6) is 0 Å². The summed E-state index contributed by atoms with van der Waals surface area (Å²) in [7, 11) is 0. The number of imidazole rings is 1. The molecule has 4 aromatic rings. The van der Waals surface area contributed by atoms with E-state index in [1.165, 1.54) is 9.36 Å². The van der Waals surface area contributed by atoms with Gasteiger partial charge < -0.3 is 15.7 Å². The molecule has 0 amide bonds. The monoisotopic (exact) mass is 488 g/mol. The van der Waals surface area contributed by atoms with Crippen LogP contribution in [0.25, 0.3) is 22.1 Å². The molecule has 0 spiro atoms. The zero-order valence-electron chi connectivity index (χ0n) is 20.1. The number of hydrogen-bond donors (Lipinski definition) is 2. The Morgan fingerprint density at radius 2 is 1.94 bits per heavy atom. The minimum Gasteiger partial charge on any atom is -0.394 e. The first kappa shape index (κ1) is 23.7. The van der Waals surface area contributed by atoms with Gasteiger partial charge in [0, 0.05) is 31.5 Å². The van der Waals surface area contributed by atoms with Crippen molar-refractivity contribution in [2.45, 2.75) is 45.4 Å². The van der Waals surface area contributed by atoms with Crippen LogP contribution in [-0.4, -0.2) is 59.7 Å². The molecule has 1 fully saturated rings. The second-order valence-electron chi connectivity index (χ2n) is 8.86. The van der Waals surface area contributed by atoms with Crippen LogP contribution < -0.4 is 21.8 Å². The van der Waals surface area contributed by atoms with Gasteiger partial charge in [0.1, 0.15) is 5.52 Å². The summed E-state index contributed by atoms with van der Waals surface area (Å²) in [5.41, 5.74) is 7.85. The van der Waals surface area contributed by atoms with Crippen molar-refractivity contribution in [3.63, 3.8) is 0 Å². The molecule has 0 bridgehead atoms. The quantitative estimate of drug-likeness (QED) is 0.370. The summed E-state index contributed by atoms with van der Waals surface area (Å²) in [6.45, 7) is 3.04. The number of aliphatic hydroxyl groups excluding tert-OH is 1. The summed E-state index contributed by atoms with van der Waals surface area (Å²) in [4.78, 5) is 42.8. The Labute approximate surface area is 206 Å². The Kier molecular flexibility index (Phi) is 6.54. The normalized spacial score (nSPS) is 15.9. The number of nitrogens with zero attached hydrogens (tertiary/aromatic N) is 7. The molecule has 1 saturated heterocycles. The molecule has 0 saturated carbocycles. The van der Waals surface area contributed by atoms with Crippen LogP contribution in [0.1, 0.15) is 25.3 Å². The highest BCUT2D eigenvalue weighted by Gasteiger charge is 2.26. The Hall–Kier alpha value is -4.01. The summed E-state index contributed by atoms with van der Waals surface area (Å²) in [5.74, 6) is 6.40. The molecule has 1 aliphatic heterocycles. The Bertz CT molecular complexity index is 1610. The fraction of sp³-hybridized carbons (Fsp3) is 0.400. The third-order valence-corrected chi connectivity index (χ3v) is 6.45. The van der Waals surface area contributed by atoms with Crippen LogP contribution in [0.2, 0.25) is 0 Å². The van der Waals surface area contributed by atoms with Gasteiger partial charge in [-0.05, 0) is 37.5 Å². The van der Waals surface area contributed by atoms with Crippen LogP contribution in [0, 0.1) is 11.8 Å². The van der Waals surface area contributed by atoms with E-state index in [0.29, 0.717) is 18.0 Å². The predicted molar refractivity (Wildman–Crippen MR) is 137 cm³/mol. The van der Waals surface area contributed by atoms with Crippen molar-refractivity contribution in [2.75, 3.05) is 24.6 Å². The smallest absolute Gasteiger partial charge is 0.293 e. The van der Waals surface area contributed by atoms with Gasteiger partial charge in [-0.3, -0.25) is 24.1 Å². The number of fused-ring (bicyclic) bond motifs is 2. The molecule has 0 aliphatic carbocycles. The molecule has 1 atom stereocenters. The van der Waals surface area contributed by atoms with Gasteiger partial charge in [0.15, 0.2) is 5.52 Å². The van der Waals surface area contributed by atoms with Crippen molar-refractivity contribution < 1.29 is 5.11 Å². The summed E-state index contributed by atoms with van der Waals surface area (Å²) >= 11 is 0. The Morgan fingerprint density at radius 1 is 1.14 bits per heavy atom. The fourth-order valence-corrected chi connectivity index (χ4v) is 4.77. The molecular formula is C25H28N8O3. The van der Waals surface area contributed by atoms with E-state index in [0.717, 1.165) is 30.5 Å². The van der Waals surface area contributed by atoms with E-state index in [-0.39, 0.29) is 48.9 Å². The lowest BCUT2D eigenvalue weighted by Gasteiger charge is -2.31. The van der Waals surface area contributed by atoms with Crippen molar-refractivity contribution in [2.24, 2.45) is 5.73 Å². The highest BCUT2D eigenvalue weighted by Crippen LogP contribution is 2.22. The van der Waals surface area contributed by atoms with E-state index in [9.17, 15) is 14.7 Å². The maximum atomic E-state index is 13.9. The molecule has 186 valence electrons. The minimum atomic E-state index is -0.440. The second kappa shape index (κ2) is 9.93. The summed E-state index contributed by atoms with van der Waals surface area (Å²) in [6, 6.07) is 5.51. The zero-order valence-corrected chi connectivity index (χ0v) is 20.1. The average molecular weight is 489 g/mol. The molecule has 1 unspecified atom stereocenters. The fourth-order valence-electron chi connectivity index (χ4n) is 4.77. The standard InChI is InChI=1S/C25H28N8O3/c1-2-3-11-31-22-21(29-25(31)30-10-4-5-18(26)16-30)23(35)32(12-13-34)33(24(22)36)15-17-6-7-19-20(14-17)28-9-8-27-19/h6-9,14,18,34H,4-5,10-13,15-16,26H2,1H3. The molecule has 0 radical (unpaired) electrons. The molecule has 11 nitrogen and oxygen atoms in total. The number of piperidine rings is 1. The third kappa shape index (κ3) is 4.25. The van der Waals surface area contributed by atoms with E-state index >= 15 is 0 Å². The summed E-state index contributed by atoms with van der Waals surface area (Å²) < 4.78 is 4.35. The third-order valence-electron chi connectivity index (χ3n) is 6.45. The van der Waals surface area contributed by atoms with Crippen LogP contribution in [0.15, 0.2) is 40.2 Å². The molecule has 3 aromatic heterocycles. The Morgan fingerprint density at radius 3 is 2.69 bits per heavy atom. The lowest BCUT2D eigenvalue weighted by Crippen LogP contribution is -2.44. The molecule has 4 heterocycles. The number of nitrogens with two attached hydrogens (primary N) is 1. The van der Waals surface area contributed by atoms with Gasteiger partial charge in [0.05, 0.1) is 37.3 Å². The Balaban J connectivity index is 1.71. The van der Waals surface area contributed by atoms with E-state index in [1.54, 1.807) is 23.9 Å². The van der Waals surface area contributed by atoms with Gasteiger partial charge in [-0.25, -0.2) is 14.3 Å². The number of aromatic nitrogens is 6. The first-order valence-corrected chi connectivity index (χ1v) is 12.0. The highest BCUT2D eigenvalue weighted by atomic mass is 16.3. The SMILES string of the molecule is CC#CCn1c(N2CCCC(N)C2)nc2c(=O)n(CCO)n(Cc3ccc4nccnc4c3)c(=O)c21. The van der Waals surface area contributed by atoms with Gasteiger partial charge in [0.2, 0.25) is 5.95 Å². The number of aliphatic hydroxyl groups is 1. The minimum absolute atomic E-state index is 0.0111. The summed E-state index contributed by atoms with van der Waals surface area (Å²) in [5, 5.41) is 9.69. The maximum Gasteiger partial charge on any atom is 0.293 e.